The van der Waals surface area contributed by atoms with E-state index in [4.69, 9.17) is 5.11 Å². The minimum atomic E-state index is -2.94. The maximum Gasteiger partial charge on any atom is 0.512 e. The van der Waals surface area contributed by atoms with E-state index in [0.29, 0.717) is 16.9 Å². The smallest absolute Gasteiger partial charge is 0.449 e. The van der Waals surface area contributed by atoms with Crippen molar-refractivity contribution in [3.05, 3.63) is 45.7 Å². The molecule has 7 nitrogen and oxygen atoms in total. The zero-order valence-electron chi connectivity index (χ0n) is 12.1. The number of ether oxygens (including phenoxy) is 2. The highest BCUT2D eigenvalue weighted by Crippen LogP contribution is 2.22. The Balaban J connectivity index is 2.49. The molecule has 0 amide bonds. The Bertz CT molecular complexity index is 804. The first-order chi connectivity index (χ1) is 10.8. The van der Waals surface area contributed by atoms with Crippen LogP contribution < -0.4 is 14.9 Å². The predicted octanol–water partition coefficient (Wildman–Crippen LogP) is 2.51. The molecule has 0 atom stereocenters. The first kappa shape index (κ1) is 16.4. The lowest BCUT2D eigenvalue weighted by Crippen LogP contribution is -2.19. The summed E-state index contributed by atoms with van der Waals surface area (Å²) in [5.41, 5.74) is 0.720. The molecule has 0 radical (unpaired) electrons. The number of benzene rings is 1. The largest absolute Gasteiger partial charge is 0.512 e. The Morgan fingerprint density at radius 2 is 2.00 bits per heavy atom. The first-order valence-corrected chi connectivity index (χ1v) is 6.35. The molecule has 122 valence electrons. The van der Waals surface area contributed by atoms with Crippen LogP contribution in [0.5, 0.6) is 11.6 Å². The Kier molecular flexibility index (Phi) is 4.58. The van der Waals surface area contributed by atoms with Crippen molar-refractivity contribution in [1.29, 1.82) is 0 Å². The zero-order chi connectivity index (χ0) is 17.1. The van der Waals surface area contributed by atoms with Crippen molar-refractivity contribution in [2.75, 3.05) is 0 Å². The topological polar surface area (TPSA) is 90.7 Å². The predicted molar refractivity (Wildman–Crippen MR) is 74.6 cm³/mol. The van der Waals surface area contributed by atoms with Crippen LogP contribution in [0.1, 0.15) is 11.3 Å². The third-order valence-electron chi connectivity index (χ3n) is 2.88. The van der Waals surface area contributed by atoms with E-state index in [1.807, 2.05) is 0 Å². The lowest BCUT2D eigenvalue weighted by Gasteiger charge is -2.14. The quantitative estimate of drug-likeness (QED) is 0.868. The van der Waals surface area contributed by atoms with Gasteiger partial charge in [0.2, 0.25) is 5.43 Å². The van der Waals surface area contributed by atoms with Crippen molar-refractivity contribution in [2.45, 2.75) is 20.5 Å². The normalized spacial score (nSPS) is 10.7. The van der Waals surface area contributed by atoms with Gasteiger partial charge in [-0.15, -0.1) is 5.10 Å². The number of nitrogens with zero attached hydrogens (tertiary/aromatic N) is 2. The van der Waals surface area contributed by atoms with Crippen LogP contribution >= 0.6 is 0 Å². The molecule has 0 spiro atoms. The monoisotopic (exact) mass is 326 g/mol. The third kappa shape index (κ3) is 3.82. The zero-order valence-corrected chi connectivity index (χ0v) is 12.1. The van der Waals surface area contributed by atoms with Crippen molar-refractivity contribution in [2.24, 2.45) is 0 Å². The number of aryl methyl sites for hydroxylation is 2. The summed E-state index contributed by atoms with van der Waals surface area (Å²) in [4.78, 5) is 22.2. The van der Waals surface area contributed by atoms with E-state index in [2.05, 4.69) is 14.6 Å². The van der Waals surface area contributed by atoms with Gasteiger partial charge >= 0.3 is 12.8 Å². The Morgan fingerprint density at radius 1 is 1.30 bits per heavy atom. The lowest BCUT2D eigenvalue weighted by molar-refractivity contribution is -0.0498. The number of carbonyl (C=O) groups is 1. The second-order valence-corrected chi connectivity index (χ2v) is 4.56. The van der Waals surface area contributed by atoms with Crippen LogP contribution in [-0.4, -0.2) is 27.7 Å². The fourth-order valence-electron chi connectivity index (χ4n) is 1.97. The average molecular weight is 326 g/mol. The van der Waals surface area contributed by atoms with Crippen LogP contribution in [0.2, 0.25) is 0 Å². The number of alkyl halides is 2. The van der Waals surface area contributed by atoms with E-state index in [0.717, 1.165) is 6.07 Å². The van der Waals surface area contributed by atoms with E-state index in [9.17, 15) is 18.4 Å². The lowest BCUT2D eigenvalue weighted by atomic mass is 10.2. The fourth-order valence-corrected chi connectivity index (χ4v) is 1.97. The van der Waals surface area contributed by atoms with Gasteiger partial charge in [0.1, 0.15) is 5.75 Å². The molecule has 0 aliphatic heterocycles. The molecule has 0 bridgehead atoms. The van der Waals surface area contributed by atoms with E-state index in [1.54, 1.807) is 13.8 Å². The van der Waals surface area contributed by atoms with Gasteiger partial charge in [0.15, 0.2) is 0 Å². The molecular formula is C14H12F2N2O5. The van der Waals surface area contributed by atoms with Crippen LogP contribution in [0.4, 0.5) is 13.6 Å². The van der Waals surface area contributed by atoms with Gasteiger partial charge in [-0.05, 0) is 37.6 Å². The summed E-state index contributed by atoms with van der Waals surface area (Å²) in [5, 5.41) is 12.4. The van der Waals surface area contributed by atoms with Gasteiger partial charge < -0.3 is 14.6 Å². The van der Waals surface area contributed by atoms with Gasteiger partial charge in [0.25, 0.3) is 5.88 Å². The summed E-state index contributed by atoms with van der Waals surface area (Å²) in [6, 6.07) is 5.31. The number of hydrogen-bond donors (Lipinski definition) is 1. The van der Waals surface area contributed by atoms with Gasteiger partial charge in [-0.3, -0.25) is 4.79 Å². The van der Waals surface area contributed by atoms with Crippen LogP contribution in [0.25, 0.3) is 5.69 Å². The molecular weight excluding hydrogens is 314 g/mol. The minimum Gasteiger partial charge on any atom is -0.449 e. The molecule has 0 fully saturated rings. The average Bonchev–Trinajstić information content (AvgIpc) is 2.41. The molecule has 1 heterocycles. The Labute approximate surface area is 128 Å². The van der Waals surface area contributed by atoms with Gasteiger partial charge in [-0.2, -0.15) is 8.78 Å². The number of carboxylic acid groups (broad SMARTS) is 1. The van der Waals surface area contributed by atoms with Gasteiger partial charge in [-0.1, -0.05) is 0 Å². The number of rotatable bonds is 4. The molecule has 1 N–H and O–H groups in total. The summed E-state index contributed by atoms with van der Waals surface area (Å²) in [7, 11) is 0. The second-order valence-electron chi connectivity index (χ2n) is 4.56. The van der Waals surface area contributed by atoms with Crippen molar-refractivity contribution in [3.8, 4) is 17.3 Å². The van der Waals surface area contributed by atoms with Crippen molar-refractivity contribution < 1.29 is 28.2 Å². The summed E-state index contributed by atoms with van der Waals surface area (Å²) >= 11 is 0. The standard InChI is InChI=1S/C14H12F2N2O5/c1-7-5-9(22-13(15)16)3-4-10(7)18-8(2)6-11(19)12(17-18)23-14(20)21/h3-6,13H,1-2H3,(H,20,21). The third-order valence-corrected chi connectivity index (χ3v) is 2.88. The summed E-state index contributed by atoms with van der Waals surface area (Å²) in [5.74, 6) is -0.627. The van der Waals surface area contributed by atoms with Gasteiger partial charge in [-0.25, -0.2) is 9.48 Å². The molecule has 0 unspecified atom stereocenters. The number of aromatic nitrogens is 2. The minimum absolute atomic E-state index is 0.0260. The van der Waals surface area contributed by atoms with E-state index >= 15 is 0 Å². The highest BCUT2D eigenvalue weighted by molar-refractivity contribution is 5.60. The fraction of sp³-hybridized carbons (Fsp3) is 0.214. The van der Waals surface area contributed by atoms with Crippen molar-refractivity contribution >= 4 is 6.16 Å². The Morgan fingerprint density at radius 3 is 2.57 bits per heavy atom. The maximum absolute atomic E-state index is 12.2. The SMILES string of the molecule is Cc1cc(OC(F)F)ccc1-n1nc(OC(=O)O)c(=O)cc1C. The van der Waals surface area contributed by atoms with Crippen LogP contribution in [0.15, 0.2) is 29.1 Å². The highest BCUT2D eigenvalue weighted by atomic mass is 19.3. The summed E-state index contributed by atoms with van der Waals surface area (Å²) in [6.07, 6.45) is -1.66. The first-order valence-electron chi connectivity index (χ1n) is 6.35. The molecule has 0 aliphatic carbocycles. The van der Waals surface area contributed by atoms with E-state index < -0.39 is 24.1 Å². The number of halogens is 2. The van der Waals surface area contributed by atoms with Crippen LogP contribution in [0, 0.1) is 13.8 Å². The molecule has 1 aromatic carbocycles. The molecule has 9 heteroatoms. The molecule has 0 saturated carbocycles. The molecule has 2 aromatic rings. The highest BCUT2D eigenvalue weighted by Gasteiger charge is 2.14. The molecule has 0 aliphatic rings. The molecule has 1 aromatic heterocycles. The Hall–Kier alpha value is -2.97. The van der Waals surface area contributed by atoms with Crippen molar-refractivity contribution in [1.82, 2.24) is 9.78 Å². The molecule has 0 saturated heterocycles. The molecule has 23 heavy (non-hydrogen) atoms. The maximum atomic E-state index is 12.2. The number of hydrogen-bond acceptors (Lipinski definition) is 5. The molecule has 2 rings (SSSR count). The van der Waals surface area contributed by atoms with Crippen molar-refractivity contribution in [3.63, 3.8) is 0 Å². The van der Waals surface area contributed by atoms with E-state index in [-0.39, 0.29) is 5.75 Å². The summed E-state index contributed by atoms with van der Waals surface area (Å²) in [6.45, 7) is 0.273. The van der Waals surface area contributed by atoms with Crippen LogP contribution in [0.3, 0.4) is 0 Å². The van der Waals surface area contributed by atoms with Gasteiger partial charge in [0.05, 0.1) is 5.69 Å². The van der Waals surface area contributed by atoms with Gasteiger partial charge in [0, 0.05) is 11.8 Å². The second kappa shape index (κ2) is 6.42. The van der Waals surface area contributed by atoms with E-state index in [1.165, 1.54) is 22.9 Å². The van der Waals surface area contributed by atoms with Crippen LogP contribution in [-0.2, 0) is 0 Å². The summed E-state index contributed by atoms with van der Waals surface area (Å²) < 4.78 is 34.3.